The van der Waals surface area contributed by atoms with Gasteiger partial charge in [0.25, 0.3) is 0 Å². The Kier molecular flexibility index (Phi) is 5.86. The molecule has 1 fully saturated rings. The second-order valence-corrected chi connectivity index (χ2v) is 8.02. The van der Waals surface area contributed by atoms with Crippen LogP contribution in [-0.4, -0.2) is 23.4 Å². The molecule has 0 aromatic heterocycles. The highest BCUT2D eigenvalue weighted by Crippen LogP contribution is 2.31. The standard InChI is InChI=1S/C23H22Cl2N2O/c24-20-9-4-10-21(23(20)25)26-22(28)13-14-27(18-11-12-18)15-17-7-3-6-16-5-1-2-8-19(16)17/h1-10,18H,11-15H2,(H,26,28). The Morgan fingerprint density at radius 1 is 1.00 bits per heavy atom. The second-order valence-electron chi connectivity index (χ2n) is 7.24. The van der Waals surface area contributed by atoms with Crippen molar-refractivity contribution in [3.05, 3.63) is 76.3 Å². The molecule has 0 spiro atoms. The number of amides is 1. The number of hydrogen-bond acceptors (Lipinski definition) is 2. The lowest BCUT2D eigenvalue weighted by molar-refractivity contribution is -0.116. The van der Waals surface area contributed by atoms with E-state index in [1.54, 1.807) is 18.2 Å². The fraction of sp³-hybridized carbons (Fsp3) is 0.261. The van der Waals surface area contributed by atoms with Crippen molar-refractivity contribution in [3.8, 4) is 0 Å². The summed E-state index contributed by atoms with van der Waals surface area (Å²) in [6, 6.07) is 20.7. The van der Waals surface area contributed by atoms with Crippen LogP contribution in [-0.2, 0) is 11.3 Å². The highest BCUT2D eigenvalue weighted by atomic mass is 35.5. The molecule has 28 heavy (non-hydrogen) atoms. The van der Waals surface area contributed by atoms with Gasteiger partial charge >= 0.3 is 0 Å². The first kappa shape index (κ1) is 19.3. The van der Waals surface area contributed by atoms with Crippen molar-refractivity contribution in [2.75, 3.05) is 11.9 Å². The zero-order chi connectivity index (χ0) is 19.5. The van der Waals surface area contributed by atoms with Gasteiger partial charge in [0.2, 0.25) is 5.91 Å². The molecule has 0 saturated heterocycles. The van der Waals surface area contributed by atoms with E-state index < -0.39 is 0 Å². The van der Waals surface area contributed by atoms with E-state index >= 15 is 0 Å². The van der Waals surface area contributed by atoms with Gasteiger partial charge in [-0.25, -0.2) is 0 Å². The summed E-state index contributed by atoms with van der Waals surface area (Å²) >= 11 is 12.2. The van der Waals surface area contributed by atoms with Crippen molar-refractivity contribution in [3.63, 3.8) is 0 Å². The maximum atomic E-state index is 12.4. The van der Waals surface area contributed by atoms with Crippen LogP contribution < -0.4 is 5.32 Å². The van der Waals surface area contributed by atoms with Crippen molar-refractivity contribution in [2.24, 2.45) is 0 Å². The van der Waals surface area contributed by atoms with Crippen LogP contribution in [0.25, 0.3) is 10.8 Å². The number of rotatable bonds is 7. The maximum Gasteiger partial charge on any atom is 0.225 e. The molecule has 3 aromatic carbocycles. The van der Waals surface area contributed by atoms with Crippen LogP contribution in [0.4, 0.5) is 5.69 Å². The summed E-state index contributed by atoms with van der Waals surface area (Å²) in [7, 11) is 0. The average Bonchev–Trinajstić information content (AvgIpc) is 3.54. The minimum atomic E-state index is -0.0484. The molecule has 1 amide bonds. The third-order valence-electron chi connectivity index (χ3n) is 5.17. The number of halogens is 2. The van der Waals surface area contributed by atoms with Crippen LogP contribution in [0.2, 0.25) is 10.0 Å². The number of benzene rings is 3. The molecule has 3 aromatic rings. The summed E-state index contributed by atoms with van der Waals surface area (Å²) in [4.78, 5) is 14.9. The van der Waals surface area contributed by atoms with Gasteiger partial charge < -0.3 is 5.32 Å². The second kappa shape index (κ2) is 8.52. The molecule has 0 heterocycles. The Balaban J connectivity index is 1.42. The fourth-order valence-corrected chi connectivity index (χ4v) is 3.89. The van der Waals surface area contributed by atoms with Crippen molar-refractivity contribution in [2.45, 2.75) is 31.8 Å². The summed E-state index contributed by atoms with van der Waals surface area (Å²) < 4.78 is 0. The van der Waals surface area contributed by atoms with Crippen LogP contribution in [0.5, 0.6) is 0 Å². The van der Waals surface area contributed by atoms with Crippen LogP contribution in [0.1, 0.15) is 24.8 Å². The molecule has 1 aliphatic carbocycles. The lowest BCUT2D eigenvalue weighted by Crippen LogP contribution is -2.29. The number of hydrogen-bond donors (Lipinski definition) is 1. The highest BCUT2D eigenvalue weighted by molar-refractivity contribution is 6.43. The van der Waals surface area contributed by atoms with E-state index in [1.165, 1.54) is 29.2 Å². The molecule has 144 valence electrons. The van der Waals surface area contributed by atoms with E-state index in [2.05, 4.69) is 52.7 Å². The molecule has 0 aliphatic heterocycles. The summed E-state index contributed by atoms with van der Waals surface area (Å²) in [6.07, 6.45) is 2.82. The van der Waals surface area contributed by atoms with Gasteiger partial charge in [0.1, 0.15) is 0 Å². The molecular weight excluding hydrogens is 391 g/mol. The molecule has 4 rings (SSSR count). The Morgan fingerprint density at radius 2 is 1.75 bits per heavy atom. The minimum absolute atomic E-state index is 0.0484. The van der Waals surface area contributed by atoms with Crippen molar-refractivity contribution < 1.29 is 4.79 Å². The van der Waals surface area contributed by atoms with Crippen molar-refractivity contribution >= 4 is 45.6 Å². The topological polar surface area (TPSA) is 32.3 Å². The number of fused-ring (bicyclic) bond motifs is 1. The third kappa shape index (κ3) is 4.49. The molecular formula is C23H22Cl2N2O. The number of nitrogens with zero attached hydrogens (tertiary/aromatic N) is 1. The van der Waals surface area contributed by atoms with Crippen LogP contribution in [0, 0.1) is 0 Å². The number of carbonyl (C=O) groups excluding carboxylic acids is 1. The molecule has 1 aliphatic rings. The quantitative estimate of drug-likeness (QED) is 0.505. The molecule has 0 unspecified atom stereocenters. The van der Waals surface area contributed by atoms with Crippen molar-refractivity contribution in [1.29, 1.82) is 0 Å². The Hall–Kier alpha value is -2.07. The van der Waals surface area contributed by atoms with Gasteiger partial charge in [-0.2, -0.15) is 0 Å². The lowest BCUT2D eigenvalue weighted by atomic mass is 10.0. The van der Waals surface area contributed by atoms with E-state index in [-0.39, 0.29) is 5.91 Å². The van der Waals surface area contributed by atoms with Gasteiger partial charge in [-0.1, -0.05) is 71.7 Å². The van der Waals surface area contributed by atoms with E-state index in [1.807, 2.05) is 0 Å². The third-order valence-corrected chi connectivity index (χ3v) is 5.99. The Morgan fingerprint density at radius 3 is 2.57 bits per heavy atom. The van der Waals surface area contributed by atoms with Crippen LogP contribution in [0.3, 0.4) is 0 Å². The molecule has 1 saturated carbocycles. The largest absolute Gasteiger partial charge is 0.325 e. The zero-order valence-electron chi connectivity index (χ0n) is 15.5. The monoisotopic (exact) mass is 412 g/mol. The highest BCUT2D eigenvalue weighted by Gasteiger charge is 2.29. The smallest absolute Gasteiger partial charge is 0.225 e. The van der Waals surface area contributed by atoms with Gasteiger partial charge in [0, 0.05) is 25.6 Å². The van der Waals surface area contributed by atoms with Gasteiger partial charge in [0.05, 0.1) is 15.7 Å². The number of nitrogens with one attached hydrogen (secondary N) is 1. The molecule has 3 nitrogen and oxygen atoms in total. The fourth-order valence-electron chi connectivity index (χ4n) is 3.54. The Labute approximate surface area is 175 Å². The van der Waals surface area contributed by atoms with E-state index in [4.69, 9.17) is 23.2 Å². The van der Waals surface area contributed by atoms with Gasteiger partial charge in [-0.3, -0.25) is 9.69 Å². The number of carbonyl (C=O) groups is 1. The first-order valence-electron chi connectivity index (χ1n) is 9.56. The SMILES string of the molecule is O=C(CCN(Cc1cccc2ccccc12)C1CC1)Nc1cccc(Cl)c1Cl. The van der Waals surface area contributed by atoms with E-state index in [9.17, 15) is 4.79 Å². The van der Waals surface area contributed by atoms with Crippen molar-refractivity contribution in [1.82, 2.24) is 4.90 Å². The summed E-state index contributed by atoms with van der Waals surface area (Å²) in [5.41, 5.74) is 1.87. The van der Waals surface area contributed by atoms with Crippen LogP contribution >= 0.6 is 23.2 Å². The first-order valence-corrected chi connectivity index (χ1v) is 10.3. The first-order chi connectivity index (χ1) is 13.6. The Bertz CT molecular complexity index is 996. The van der Waals surface area contributed by atoms with Gasteiger partial charge in [-0.15, -0.1) is 0 Å². The molecule has 0 bridgehead atoms. The van der Waals surface area contributed by atoms with E-state index in [0.717, 1.165) is 13.1 Å². The predicted octanol–water partition coefficient (Wildman–Crippen LogP) is 6.14. The lowest BCUT2D eigenvalue weighted by Gasteiger charge is -2.23. The van der Waals surface area contributed by atoms with Crippen LogP contribution in [0.15, 0.2) is 60.7 Å². The predicted molar refractivity (Wildman–Crippen MR) is 117 cm³/mol. The summed E-state index contributed by atoms with van der Waals surface area (Å²) in [5.74, 6) is -0.0484. The normalized spacial score (nSPS) is 13.8. The molecule has 1 N–H and O–H groups in total. The molecule has 5 heteroatoms. The number of anilines is 1. The molecule has 0 atom stereocenters. The van der Waals surface area contributed by atoms with Gasteiger partial charge in [-0.05, 0) is 41.3 Å². The molecule has 0 radical (unpaired) electrons. The maximum absolute atomic E-state index is 12.4. The van der Waals surface area contributed by atoms with E-state index in [0.29, 0.717) is 28.2 Å². The summed E-state index contributed by atoms with van der Waals surface area (Å²) in [5, 5.41) is 6.24. The zero-order valence-corrected chi connectivity index (χ0v) is 17.0. The summed E-state index contributed by atoms with van der Waals surface area (Å²) in [6.45, 7) is 1.58. The minimum Gasteiger partial charge on any atom is -0.325 e. The average molecular weight is 413 g/mol. The van der Waals surface area contributed by atoms with Gasteiger partial charge in [0.15, 0.2) is 0 Å².